The van der Waals surface area contributed by atoms with Gasteiger partial charge >= 0.3 is 0 Å². The van der Waals surface area contributed by atoms with E-state index in [1.165, 1.54) is 34.9 Å². The van der Waals surface area contributed by atoms with E-state index < -0.39 is 32.7 Å². The molecule has 0 fully saturated rings. The van der Waals surface area contributed by atoms with Crippen LogP contribution in [0.2, 0.25) is 0 Å². The van der Waals surface area contributed by atoms with E-state index in [4.69, 9.17) is 4.74 Å². The lowest BCUT2D eigenvalue weighted by molar-refractivity contribution is -0.132. The summed E-state index contributed by atoms with van der Waals surface area (Å²) < 4.78 is 47.0. The third kappa shape index (κ3) is 6.19. The van der Waals surface area contributed by atoms with Crippen molar-refractivity contribution in [1.82, 2.24) is 9.62 Å². The number of methoxy groups -OCH3 is 1. The van der Waals surface area contributed by atoms with Crippen LogP contribution in [0.4, 0.5) is 4.39 Å². The van der Waals surface area contributed by atoms with Crippen LogP contribution in [0.15, 0.2) is 53.4 Å². The number of nitrogens with one attached hydrogen (secondary N) is 1. The van der Waals surface area contributed by atoms with Gasteiger partial charge in [-0.25, -0.2) is 12.8 Å². The van der Waals surface area contributed by atoms with E-state index in [0.717, 1.165) is 11.6 Å². The summed E-state index contributed by atoms with van der Waals surface area (Å²) >= 11 is 1.49. The Labute approximate surface area is 175 Å². The van der Waals surface area contributed by atoms with E-state index in [2.05, 4.69) is 4.72 Å². The molecular weight excluding hydrogens is 415 g/mol. The Bertz CT molecular complexity index is 938. The maximum Gasteiger partial charge on any atom is 0.244 e. The predicted octanol–water partition coefficient (Wildman–Crippen LogP) is 2.89. The van der Waals surface area contributed by atoms with Crippen LogP contribution >= 0.6 is 11.8 Å². The van der Waals surface area contributed by atoms with E-state index in [0.29, 0.717) is 11.5 Å². The lowest BCUT2D eigenvalue weighted by atomic mass is 10.1. The number of thioether (sulfide) groups is 1. The molecule has 1 atom stereocenters. The van der Waals surface area contributed by atoms with Crippen molar-refractivity contribution in [2.75, 3.05) is 26.2 Å². The molecule has 1 unspecified atom stereocenters. The van der Waals surface area contributed by atoms with Crippen molar-refractivity contribution in [2.24, 2.45) is 0 Å². The zero-order valence-electron chi connectivity index (χ0n) is 16.6. The van der Waals surface area contributed by atoms with E-state index in [9.17, 15) is 17.6 Å². The number of sulfonamides is 1. The van der Waals surface area contributed by atoms with Gasteiger partial charge in [0.25, 0.3) is 0 Å². The Morgan fingerprint density at radius 2 is 1.86 bits per heavy atom. The average molecular weight is 441 g/mol. The fourth-order valence-electron chi connectivity index (χ4n) is 2.82. The quantitative estimate of drug-likeness (QED) is 0.615. The smallest absolute Gasteiger partial charge is 0.244 e. The van der Waals surface area contributed by atoms with Crippen LogP contribution in [-0.4, -0.2) is 51.4 Å². The molecule has 2 aromatic rings. The van der Waals surface area contributed by atoms with Crippen LogP contribution in [-0.2, 0) is 21.4 Å². The number of carbonyl (C=O) groups excluding carboxylic acids is 1. The molecular formula is C20H25FN2O4S2. The van der Waals surface area contributed by atoms with E-state index >= 15 is 0 Å². The molecule has 0 aliphatic rings. The molecule has 0 bridgehead atoms. The second kappa shape index (κ2) is 10.6. The molecule has 9 heteroatoms. The number of rotatable bonds is 10. The fourth-order valence-corrected chi connectivity index (χ4v) is 4.59. The molecule has 0 aromatic heterocycles. The number of ether oxygens (including phenoxy) is 1. The van der Waals surface area contributed by atoms with Crippen LogP contribution in [0, 0.1) is 5.82 Å². The van der Waals surface area contributed by atoms with Crippen molar-refractivity contribution in [3.05, 3.63) is 59.9 Å². The van der Waals surface area contributed by atoms with Crippen LogP contribution in [0.5, 0.6) is 5.75 Å². The third-order valence-corrected chi connectivity index (χ3v) is 6.46. The van der Waals surface area contributed by atoms with Gasteiger partial charge in [0.05, 0.1) is 7.11 Å². The van der Waals surface area contributed by atoms with Gasteiger partial charge in [0.1, 0.15) is 22.5 Å². The molecule has 158 valence electrons. The molecule has 29 heavy (non-hydrogen) atoms. The number of likely N-dealkylation sites (N-methyl/N-ethyl adjacent to an activating group) is 1. The SMILES string of the molecule is COc1ccccc1CN(C)C(=O)C(CCSC)NS(=O)(=O)c1ccccc1F. The maximum absolute atomic E-state index is 14.0. The lowest BCUT2D eigenvalue weighted by Gasteiger charge is -2.25. The van der Waals surface area contributed by atoms with Crippen molar-refractivity contribution in [1.29, 1.82) is 0 Å². The van der Waals surface area contributed by atoms with Crippen LogP contribution < -0.4 is 9.46 Å². The van der Waals surface area contributed by atoms with Crippen molar-refractivity contribution >= 4 is 27.7 Å². The fraction of sp³-hybridized carbons (Fsp3) is 0.350. The lowest BCUT2D eigenvalue weighted by Crippen LogP contribution is -2.47. The molecule has 0 heterocycles. The summed E-state index contributed by atoms with van der Waals surface area (Å²) in [4.78, 5) is 14.0. The molecule has 2 aromatic carbocycles. The van der Waals surface area contributed by atoms with E-state index in [-0.39, 0.29) is 13.0 Å². The summed E-state index contributed by atoms with van der Waals surface area (Å²) in [6, 6.07) is 11.4. The van der Waals surface area contributed by atoms with Gasteiger partial charge < -0.3 is 9.64 Å². The minimum absolute atomic E-state index is 0.250. The van der Waals surface area contributed by atoms with Gasteiger partial charge in [-0.15, -0.1) is 0 Å². The minimum Gasteiger partial charge on any atom is -0.496 e. The molecule has 0 aliphatic heterocycles. The maximum atomic E-state index is 14.0. The summed E-state index contributed by atoms with van der Waals surface area (Å²) in [5, 5.41) is 0. The van der Waals surface area contributed by atoms with E-state index in [1.54, 1.807) is 20.2 Å². The zero-order chi connectivity index (χ0) is 21.4. The van der Waals surface area contributed by atoms with Gasteiger partial charge in [-0.2, -0.15) is 16.5 Å². The monoisotopic (exact) mass is 440 g/mol. The van der Waals surface area contributed by atoms with Crippen molar-refractivity contribution < 1.29 is 22.3 Å². The molecule has 0 aliphatic carbocycles. The van der Waals surface area contributed by atoms with Crippen LogP contribution in [0.3, 0.4) is 0 Å². The van der Waals surface area contributed by atoms with Crippen LogP contribution in [0.25, 0.3) is 0 Å². The molecule has 1 N–H and O–H groups in total. The van der Waals surface area contributed by atoms with Crippen molar-refractivity contribution in [3.8, 4) is 5.75 Å². The standard InChI is InChI=1S/C20H25FN2O4S2/c1-23(14-15-8-4-6-10-18(15)27-2)20(24)17(12-13-28-3)22-29(25,26)19-11-7-5-9-16(19)21/h4-11,17,22H,12-14H2,1-3H3. The number of hydrogen-bond donors (Lipinski definition) is 1. The second-order valence-electron chi connectivity index (χ2n) is 6.39. The summed E-state index contributed by atoms with van der Waals surface area (Å²) in [6.45, 7) is 0.250. The van der Waals surface area contributed by atoms with Gasteiger partial charge in [0.2, 0.25) is 15.9 Å². The first kappa shape index (κ1) is 23.2. The van der Waals surface area contributed by atoms with Gasteiger partial charge in [-0.05, 0) is 36.6 Å². The third-order valence-electron chi connectivity index (χ3n) is 4.31. The molecule has 2 rings (SSSR count). The largest absolute Gasteiger partial charge is 0.496 e. The number of halogens is 1. The predicted molar refractivity (Wildman–Crippen MR) is 113 cm³/mol. The Kier molecular flexibility index (Phi) is 8.48. The number of para-hydroxylation sites is 1. The first-order valence-corrected chi connectivity index (χ1v) is 11.8. The van der Waals surface area contributed by atoms with Gasteiger partial charge in [0, 0.05) is 19.2 Å². The Hall–Kier alpha value is -2.10. The Morgan fingerprint density at radius 3 is 2.52 bits per heavy atom. The highest BCUT2D eigenvalue weighted by Crippen LogP contribution is 2.20. The Morgan fingerprint density at radius 1 is 1.21 bits per heavy atom. The number of carbonyl (C=O) groups is 1. The normalized spacial score (nSPS) is 12.4. The highest BCUT2D eigenvalue weighted by Gasteiger charge is 2.29. The summed E-state index contributed by atoms with van der Waals surface area (Å²) in [5.74, 6) is -0.0540. The first-order chi connectivity index (χ1) is 13.8. The molecule has 0 saturated heterocycles. The number of hydrogen-bond acceptors (Lipinski definition) is 5. The second-order valence-corrected chi connectivity index (χ2v) is 9.06. The highest BCUT2D eigenvalue weighted by atomic mass is 32.2. The topological polar surface area (TPSA) is 75.7 Å². The molecule has 0 radical (unpaired) electrons. The van der Waals surface area contributed by atoms with Crippen molar-refractivity contribution in [2.45, 2.75) is 23.9 Å². The number of benzene rings is 2. The minimum atomic E-state index is -4.19. The van der Waals surface area contributed by atoms with Crippen molar-refractivity contribution in [3.63, 3.8) is 0 Å². The number of amides is 1. The molecule has 6 nitrogen and oxygen atoms in total. The van der Waals surface area contributed by atoms with Gasteiger partial charge in [-0.3, -0.25) is 4.79 Å². The average Bonchev–Trinajstić information content (AvgIpc) is 2.71. The highest BCUT2D eigenvalue weighted by molar-refractivity contribution is 7.98. The molecule has 1 amide bonds. The zero-order valence-corrected chi connectivity index (χ0v) is 18.2. The summed E-state index contributed by atoms with van der Waals surface area (Å²) in [7, 11) is -1.05. The number of nitrogens with zero attached hydrogens (tertiary/aromatic N) is 1. The van der Waals surface area contributed by atoms with Crippen LogP contribution in [0.1, 0.15) is 12.0 Å². The van der Waals surface area contributed by atoms with E-state index in [1.807, 2.05) is 24.5 Å². The van der Waals surface area contributed by atoms with Gasteiger partial charge in [0.15, 0.2) is 0 Å². The Balaban J connectivity index is 2.22. The summed E-state index contributed by atoms with van der Waals surface area (Å²) in [5.41, 5.74) is 0.798. The van der Waals surface area contributed by atoms with Gasteiger partial charge in [-0.1, -0.05) is 30.3 Å². The molecule has 0 spiro atoms. The molecule has 0 saturated carbocycles. The summed E-state index contributed by atoms with van der Waals surface area (Å²) in [6.07, 6.45) is 2.15. The first-order valence-electron chi connectivity index (χ1n) is 8.92.